The van der Waals surface area contributed by atoms with Crippen LogP contribution in [0.15, 0.2) is 42.5 Å². The second-order valence-electron chi connectivity index (χ2n) is 5.18. The van der Waals surface area contributed by atoms with Crippen molar-refractivity contribution in [1.82, 2.24) is 0 Å². The third-order valence-electron chi connectivity index (χ3n) is 3.31. The molecule has 5 nitrogen and oxygen atoms in total. The molecule has 0 heterocycles. The summed E-state index contributed by atoms with van der Waals surface area (Å²) >= 11 is 0. The van der Waals surface area contributed by atoms with Crippen LogP contribution in [0.3, 0.4) is 0 Å². The number of hydrogen-bond donors (Lipinski definition) is 1. The van der Waals surface area contributed by atoms with Gasteiger partial charge in [0.25, 0.3) is 5.69 Å². The number of nitrogens with one attached hydrogen (secondary N) is 1. The van der Waals surface area contributed by atoms with Gasteiger partial charge >= 0.3 is 6.18 Å². The number of nitro benzene ring substituents is 1. The summed E-state index contributed by atoms with van der Waals surface area (Å²) < 4.78 is 37.9. The van der Waals surface area contributed by atoms with Gasteiger partial charge in [-0.05, 0) is 24.6 Å². The number of aryl methyl sites for hydroxylation is 1. The summed E-state index contributed by atoms with van der Waals surface area (Å²) in [7, 11) is 0. The molecule has 0 spiro atoms. The monoisotopic (exact) mass is 338 g/mol. The molecule has 0 atom stereocenters. The minimum absolute atomic E-state index is 0.146. The molecular formula is C16H13F3N2O3. The molecule has 0 saturated heterocycles. The molecule has 0 radical (unpaired) electrons. The number of alkyl halides is 3. The molecule has 24 heavy (non-hydrogen) atoms. The van der Waals surface area contributed by atoms with E-state index in [-0.39, 0.29) is 23.4 Å². The van der Waals surface area contributed by atoms with Gasteiger partial charge in [-0.3, -0.25) is 14.9 Å². The van der Waals surface area contributed by atoms with E-state index in [1.54, 1.807) is 6.92 Å². The van der Waals surface area contributed by atoms with Crippen molar-refractivity contribution in [2.45, 2.75) is 19.5 Å². The Labute approximate surface area is 135 Å². The van der Waals surface area contributed by atoms with Crippen molar-refractivity contribution in [3.8, 4) is 0 Å². The van der Waals surface area contributed by atoms with Crippen LogP contribution in [-0.4, -0.2) is 10.8 Å². The number of halogens is 3. The average molecular weight is 338 g/mol. The second kappa shape index (κ2) is 6.69. The van der Waals surface area contributed by atoms with Gasteiger partial charge in [0.2, 0.25) is 5.91 Å². The molecule has 1 amide bonds. The van der Waals surface area contributed by atoms with Crippen LogP contribution in [0.2, 0.25) is 0 Å². The van der Waals surface area contributed by atoms with Gasteiger partial charge in [-0.1, -0.05) is 24.3 Å². The van der Waals surface area contributed by atoms with Crippen molar-refractivity contribution < 1.29 is 22.9 Å². The van der Waals surface area contributed by atoms with Gasteiger partial charge in [0.1, 0.15) is 0 Å². The van der Waals surface area contributed by atoms with Gasteiger partial charge in [0.05, 0.1) is 16.9 Å². The first-order valence-electron chi connectivity index (χ1n) is 6.88. The van der Waals surface area contributed by atoms with E-state index in [2.05, 4.69) is 5.32 Å². The normalized spacial score (nSPS) is 11.2. The fourth-order valence-electron chi connectivity index (χ4n) is 2.13. The van der Waals surface area contributed by atoms with E-state index < -0.39 is 22.6 Å². The molecule has 0 saturated carbocycles. The lowest BCUT2D eigenvalue weighted by molar-refractivity contribution is -0.385. The van der Waals surface area contributed by atoms with E-state index in [4.69, 9.17) is 0 Å². The summed E-state index contributed by atoms with van der Waals surface area (Å²) in [4.78, 5) is 22.2. The Morgan fingerprint density at radius 2 is 1.92 bits per heavy atom. The molecule has 0 bridgehead atoms. The van der Waals surface area contributed by atoms with E-state index >= 15 is 0 Å². The van der Waals surface area contributed by atoms with Crippen LogP contribution < -0.4 is 5.32 Å². The Morgan fingerprint density at radius 1 is 1.21 bits per heavy atom. The topological polar surface area (TPSA) is 72.2 Å². The predicted octanol–water partition coefficient (Wildman–Crippen LogP) is 4.10. The van der Waals surface area contributed by atoms with Crippen LogP contribution in [0.25, 0.3) is 0 Å². The first kappa shape index (κ1) is 17.5. The summed E-state index contributed by atoms with van der Waals surface area (Å²) in [6.45, 7) is 1.56. The summed E-state index contributed by atoms with van der Waals surface area (Å²) in [5, 5.41) is 13.3. The SMILES string of the molecule is Cc1ccc(NC(=O)Cc2cccc(C(F)(F)F)c2)cc1[N+](=O)[O-]. The highest BCUT2D eigenvalue weighted by molar-refractivity contribution is 5.92. The van der Waals surface area contributed by atoms with Crippen LogP contribution in [0.1, 0.15) is 16.7 Å². The highest BCUT2D eigenvalue weighted by atomic mass is 19.4. The van der Waals surface area contributed by atoms with Gasteiger partial charge in [0.15, 0.2) is 0 Å². The molecule has 2 rings (SSSR count). The molecule has 8 heteroatoms. The summed E-state index contributed by atoms with van der Waals surface area (Å²) in [6, 6.07) is 8.64. The van der Waals surface area contributed by atoms with Crippen LogP contribution in [-0.2, 0) is 17.4 Å². The Morgan fingerprint density at radius 3 is 2.54 bits per heavy atom. The Bertz CT molecular complexity index is 788. The van der Waals surface area contributed by atoms with Gasteiger partial charge in [0, 0.05) is 17.3 Å². The highest BCUT2D eigenvalue weighted by Crippen LogP contribution is 2.29. The van der Waals surface area contributed by atoms with Crippen molar-refractivity contribution in [1.29, 1.82) is 0 Å². The number of nitro groups is 1. The smallest absolute Gasteiger partial charge is 0.326 e. The van der Waals surface area contributed by atoms with Crippen molar-refractivity contribution in [2.75, 3.05) is 5.32 Å². The lowest BCUT2D eigenvalue weighted by Crippen LogP contribution is -2.15. The second-order valence-corrected chi connectivity index (χ2v) is 5.18. The van der Waals surface area contributed by atoms with E-state index in [1.807, 2.05) is 0 Å². The van der Waals surface area contributed by atoms with E-state index in [0.717, 1.165) is 12.1 Å². The molecule has 0 aromatic heterocycles. The molecule has 0 fully saturated rings. The predicted molar refractivity (Wildman–Crippen MR) is 81.6 cm³/mol. The summed E-state index contributed by atoms with van der Waals surface area (Å²) in [5.41, 5.74) is -0.130. The quantitative estimate of drug-likeness (QED) is 0.674. The summed E-state index contributed by atoms with van der Waals surface area (Å²) in [6.07, 6.45) is -4.75. The van der Waals surface area contributed by atoms with Gasteiger partial charge in [-0.2, -0.15) is 13.2 Å². The Hall–Kier alpha value is -2.90. The molecule has 0 aliphatic rings. The molecular weight excluding hydrogens is 325 g/mol. The van der Waals surface area contributed by atoms with E-state index in [9.17, 15) is 28.1 Å². The van der Waals surface area contributed by atoms with Crippen molar-refractivity contribution in [3.05, 3.63) is 69.3 Å². The maximum Gasteiger partial charge on any atom is 0.416 e. The third kappa shape index (κ3) is 4.31. The van der Waals surface area contributed by atoms with Crippen LogP contribution in [0, 0.1) is 17.0 Å². The van der Waals surface area contributed by atoms with Crippen molar-refractivity contribution >= 4 is 17.3 Å². The van der Waals surface area contributed by atoms with Crippen LogP contribution >= 0.6 is 0 Å². The molecule has 0 aliphatic heterocycles. The third-order valence-corrected chi connectivity index (χ3v) is 3.31. The maximum absolute atomic E-state index is 12.6. The molecule has 1 N–H and O–H groups in total. The fraction of sp³-hybridized carbons (Fsp3) is 0.188. The van der Waals surface area contributed by atoms with Gasteiger partial charge in [-0.15, -0.1) is 0 Å². The zero-order valence-corrected chi connectivity index (χ0v) is 12.6. The first-order chi connectivity index (χ1) is 11.2. The molecule has 2 aromatic rings. The lowest BCUT2D eigenvalue weighted by atomic mass is 10.1. The Kier molecular flexibility index (Phi) is 4.87. The minimum atomic E-state index is -4.48. The number of rotatable bonds is 4. The number of benzene rings is 2. The van der Waals surface area contributed by atoms with Crippen molar-refractivity contribution in [2.24, 2.45) is 0 Å². The number of nitrogens with zero attached hydrogens (tertiary/aromatic N) is 1. The zero-order valence-electron chi connectivity index (χ0n) is 12.6. The van der Waals surface area contributed by atoms with Gasteiger partial charge in [-0.25, -0.2) is 0 Å². The van der Waals surface area contributed by atoms with E-state index in [0.29, 0.717) is 5.56 Å². The zero-order chi connectivity index (χ0) is 17.9. The van der Waals surface area contributed by atoms with Crippen molar-refractivity contribution in [3.63, 3.8) is 0 Å². The average Bonchev–Trinajstić information content (AvgIpc) is 2.48. The number of amides is 1. The lowest BCUT2D eigenvalue weighted by Gasteiger charge is -2.09. The highest BCUT2D eigenvalue weighted by Gasteiger charge is 2.30. The number of carbonyl (C=O) groups excluding carboxylic acids is 1. The number of carbonyl (C=O) groups is 1. The number of hydrogen-bond acceptors (Lipinski definition) is 3. The Balaban J connectivity index is 2.12. The molecule has 2 aromatic carbocycles. The minimum Gasteiger partial charge on any atom is -0.326 e. The maximum atomic E-state index is 12.6. The largest absolute Gasteiger partial charge is 0.416 e. The van der Waals surface area contributed by atoms with E-state index in [1.165, 1.54) is 30.3 Å². The first-order valence-corrected chi connectivity index (χ1v) is 6.88. The standard InChI is InChI=1S/C16H13F3N2O3/c1-10-5-6-13(9-14(10)21(23)24)20-15(22)8-11-3-2-4-12(7-11)16(17,18)19/h2-7,9H,8H2,1H3,(H,20,22). The van der Waals surface area contributed by atoms with Crippen LogP contribution in [0.5, 0.6) is 0 Å². The molecule has 0 aliphatic carbocycles. The molecule has 0 unspecified atom stereocenters. The van der Waals surface area contributed by atoms with Gasteiger partial charge < -0.3 is 5.32 Å². The van der Waals surface area contributed by atoms with Crippen LogP contribution in [0.4, 0.5) is 24.5 Å². The summed E-state index contributed by atoms with van der Waals surface area (Å²) in [5.74, 6) is -0.563. The fourth-order valence-corrected chi connectivity index (χ4v) is 2.13. The molecule has 126 valence electrons. The number of anilines is 1.